The highest BCUT2D eigenvalue weighted by molar-refractivity contribution is 6.74. The smallest absolute Gasteiger partial charge is 0.394 e. The number of hydrogen-bond acceptors (Lipinski definition) is 4. The Morgan fingerprint density at radius 2 is 1.73 bits per heavy atom. The van der Waals surface area contributed by atoms with Crippen molar-refractivity contribution in [1.82, 2.24) is 9.38 Å². The molecule has 1 saturated carbocycles. The van der Waals surface area contributed by atoms with Crippen molar-refractivity contribution in [3.8, 4) is 17.2 Å². The second kappa shape index (κ2) is 10.1. The number of aromatic nitrogens is 2. The van der Waals surface area contributed by atoms with Crippen molar-refractivity contribution in [1.29, 1.82) is 5.26 Å². The van der Waals surface area contributed by atoms with Gasteiger partial charge < -0.3 is 14.1 Å². The molecule has 2 aromatic heterocycles. The summed E-state index contributed by atoms with van der Waals surface area (Å²) in [6.45, 7) is 11.4. The summed E-state index contributed by atoms with van der Waals surface area (Å²) in [5, 5.41) is 13.6. The molecule has 1 aromatic carbocycles. The minimum atomic E-state index is -4.35. The van der Waals surface area contributed by atoms with Gasteiger partial charge in [-0.25, -0.2) is 4.98 Å². The molecule has 198 valence electrons. The highest BCUT2D eigenvalue weighted by Crippen LogP contribution is 2.39. The summed E-state index contributed by atoms with van der Waals surface area (Å²) in [5.41, 5.74) is 2.97. The van der Waals surface area contributed by atoms with Gasteiger partial charge in [-0.3, -0.25) is 0 Å². The number of halogens is 3. The molecule has 1 N–H and O–H groups in total. The van der Waals surface area contributed by atoms with E-state index in [1.807, 2.05) is 24.3 Å². The molecule has 4 rings (SSSR count). The number of nitriles is 1. The van der Waals surface area contributed by atoms with E-state index in [0.717, 1.165) is 36.9 Å². The molecule has 0 unspecified atom stereocenters. The largest absolute Gasteiger partial charge is 0.414 e. The summed E-state index contributed by atoms with van der Waals surface area (Å²) >= 11 is 0. The fraction of sp³-hybridized carbons (Fsp3) is 0.500. The standard InChI is InChI=1S/C28H35F3N4OSi/c1-27(2,3)37(4,5)36-23-12-10-21(11-13-23)34-20-8-6-19(7-9-20)24-14-15-35-22(16-28(29,30)31)18-33-26(35)25(24)17-32/h6-9,14-15,18,21,23,34H,10-13,16H2,1-5H3. The van der Waals surface area contributed by atoms with Crippen LogP contribution in [0, 0.1) is 11.3 Å². The first-order valence-corrected chi connectivity index (χ1v) is 15.7. The molecule has 2 heterocycles. The van der Waals surface area contributed by atoms with E-state index in [4.69, 9.17) is 4.43 Å². The van der Waals surface area contributed by atoms with Crippen molar-refractivity contribution in [3.05, 3.63) is 54.0 Å². The van der Waals surface area contributed by atoms with Gasteiger partial charge in [0.2, 0.25) is 0 Å². The van der Waals surface area contributed by atoms with E-state index in [2.05, 4.69) is 50.2 Å². The van der Waals surface area contributed by atoms with E-state index >= 15 is 0 Å². The fourth-order valence-electron chi connectivity index (χ4n) is 4.69. The van der Waals surface area contributed by atoms with Crippen LogP contribution in [0.2, 0.25) is 18.1 Å². The number of pyridine rings is 1. The molecule has 0 amide bonds. The van der Waals surface area contributed by atoms with Gasteiger partial charge in [-0.1, -0.05) is 32.9 Å². The molecule has 0 aliphatic heterocycles. The maximum absolute atomic E-state index is 12.9. The van der Waals surface area contributed by atoms with Crippen molar-refractivity contribution in [2.75, 3.05) is 5.32 Å². The average molecular weight is 529 g/mol. The first-order valence-electron chi connectivity index (χ1n) is 12.8. The van der Waals surface area contributed by atoms with E-state index in [9.17, 15) is 18.4 Å². The molecule has 9 heteroatoms. The number of nitrogens with zero attached hydrogens (tertiary/aromatic N) is 3. The topological polar surface area (TPSA) is 62.4 Å². The predicted octanol–water partition coefficient (Wildman–Crippen LogP) is 7.72. The second-order valence-corrected chi connectivity index (χ2v) is 16.3. The van der Waals surface area contributed by atoms with Crippen LogP contribution in [-0.2, 0) is 10.8 Å². The minimum Gasteiger partial charge on any atom is -0.414 e. The zero-order valence-electron chi connectivity index (χ0n) is 22.1. The van der Waals surface area contributed by atoms with Crippen molar-refractivity contribution in [2.45, 2.75) is 89.3 Å². The van der Waals surface area contributed by atoms with Crippen LogP contribution in [0.25, 0.3) is 16.8 Å². The second-order valence-electron chi connectivity index (χ2n) is 11.5. The Bertz CT molecular complexity index is 1280. The Labute approximate surface area is 217 Å². The van der Waals surface area contributed by atoms with Crippen molar-refractivity contribution in [3.63, 3.8) is 0 Å². The Morgan fingerprint density at radius 3 is 2.30 bits per heavy atom. The Balaban J connectivity index is 1.42. The van der Waals surface area contributed by atoms with E-state index in [1.165, 1.54) is 10.6 Å². The van der Waals surface area contributed by atoms with Crippen LogP contribution in [-0.4, -0.2) is 36.0 Å². The van der Waals surface area contributed by atoms with Crippen LogP contribution < -0.4 is 5.32 Å². The molecule has 1 aliphatic carbocycles. The van der Waals surface area contributed by atoms with Gasteiger partial charge in [0.25, 0.3) is 0 Å². The van der Waals surface area contributed by atoms with Crippen molar-refractivity contribution >= 4 is 19.7 Å². The molecule has 0 spiro atoms. The van der Waals surface area contributed by atoms with Gasteiger partial charge in [0.1, 0.15) is 11.6 Å². The monoisotopic (exact) mass is 528 g/mol. The number of alkyl halides is 3. The molecular formula is C28H35F3N4OSi. The van der Waals surface area contributed by atoms with Crippen molar-refractivity contribution < 1.29 is 17.6 Å². The number of hydrogen-bond donors (Lipinski definition) is 1. The van der Waals surface area contributed by atoms with Gasteiger partial charge in [-0.15, -0.1) is 0 Å². The average Bonchev–Trinajstić information content (AvgIpc) is 3.20. The summed E-state index contributed by atoms with van der Waals surface area (Å²) in [7, 11) is -1.76. The first kappa shape index (κ1) is 27.2. The Morgan fingerprint density at radius 1 is 1.08 bits per heavy atom. The quantitative estimate of drug-likeness (QED) is 0.333. The molecule has 0 radical (unpaired) electrons. The van der Waals surface area contributed by atoms with Gasteiger partial charge in [-0.05, 0) is 67.6 Å². The fourth-order valence-corrected chi connectivity index (χ4v) is 6.11. The summed E-state index contributed by atoms with van der Waals surface area (Å²) in [6.07, 6.45) is 1.84. The van der Waals surface area contributed by atoms with Crippen LogP contribution in [0.1, 0.15) is 57.7 Å². The van der Waals surface area contributed by atoms with Gasteiger partial charge in [-0.2, -0.15) is 18.4 Å². The van der Waals surface area contributed by atoms with E-state index < -0.39 is 20.9 Å². The maximum Gasteiger partial charge on any atom is 0.394 e. The molecule has 0 saturated heterocycles. The molecule has 0 bridgehead atoms. The third-order valence-electron chi connectivity index (χ3n) is 7.76. The number of fused-ring (bicyclic) bond motifs is 1. The Hall–Kier alpha value is -2.83. The zero-order chi connectivity index (χ0) is 27.0. The van der Waals surface area contributed by atoms with E-state index in [-0.39, 0.29) is 21.9 Å². The van der Waals surface area contributed by atoms with Gasteiger partial charge in [0, 0.05) is 35.8 Å². The van der Waals surface area contributed by atoms with Crippen LogP contribution in [0.15, 0.2) is 42.7 Å². The van der Waals surface area contributed by atoms with Gasteiger partial charge in [0.15, 0.2) is 14.0 Å². The van der Waals surface area contributed by atoms with Gasteiger partial charge >= 0.3 is 6.18 Å². The maximum atomic E-state index is 12.9. The lowest BCUT2D eigenvalue weighted by Gasteiger charge is -2.41. The highest BCUT2D eigenvalue weighted by Gasteiger charge is 2.39. The lowest BCUT2D eigenvalue weighted by atomic mass is 9.93. The lowest BCUT2D eigenvalue weighted by Crippen LogP contribution is -2.45. The molecule has 1 aliphatic rings. The normalized spacial score (nSPS) is 19.1. The first-order chi connectivity index (χ1) is 17.3. The van der Waals surface area contributed by atoms with Gasteiger partial charge in [0.05, 0.1) is 12.1 Å². The highest BCUT2D eigenvalue weighted by atomic mass is 28.4. The van der Waals surface area contributed by atoms with Crippen LogP contribution >= 0.6 is 0 Å². The third kappa shape index (κ3) is 6.19. The van der Waals surface area contributed by atoms with Crippen LogP contribution in [0.3, 0.4) is 0 Å². The summed E-state index contributed by atoms with van der Waals surface area (Å²) < 4.78 is 46.6. The molecule has 37 heavy (non-hydrogen) atoms. The predicted molar refractivity (Wildman–Crippen MR) is 143 cm³/mol. The Kier molecular flexibility index (Phi) is 7.46. The molecule has 5 nitrogen and oxygen atoms in total. The molecule has 1 fully saturated rings. The molecular weight excluding hydrogens is 493 g/mol. The summed E-state index contributed by atoms with van der Waals surface area (Å²) in [6, 6.07) is 12.0. The lowest BCUT2D eigenvalue weighted by molar-refractivity contribution is -0.127. The zero-order valence-corrected chi connectivity index (χ0v) is 23.1. The number of rotatable bonds is 6. The van der Waals surface area contributed by atoms with E-state index in [1.54, 1.807) is 12.3 Å². The summed E-state index contributed by atoms with van der Waals surface area (Å²) in [5.74, 6) is 0. The minimum absolute atomic E-state index is 0.00883. The number of anilines is 1. The summed E-state index contributed by atoms with van der Waals surface area (Å²) in [4.78, 5) is 4.12. The molecule has 3 aromatic rings. The van der Waals surface area contributed by atoms with E-state index in [0.29, 0.717) is 17.7 Å². The third-order valence-corrected chi connectivity index (χ3v) is 12.3. The van der Waals surface area contributed by atoms with Crippen LogP contribution in [0.4, 0.5) is 18.9 Å². The number of imidazole rings is 1. The number of benzene rings is 1. The molecule has 0 atom stereocenters. The van der Waals surface area contributed by atoms with Crippen LogP contribution in [0.5, 0.6) is 0 Å². The SMILES string of the molecule is CC(C)(C)[Si](C)(C)OC1CCC(Nc2ccc(-c3ccn4c(CC(F)(F)F)cnc4c3C#N)cc2)CC1. The van der Waals surface area contributed by atoms with Crippen molar-refractivity contribution in [2.24, 2.45) is 0 Å². The number of nitrogens with one attached hydrogen (secondary N) is 1.